The lowest BCUT2D eigenvalue weighted by molar-refractivity contribution is -0.111. The van der Waals surface area contributed by atoms with Gasteiger partial charge in [-0.15, -0.1) is 0 Å². The van der Waals surface area contributed by atoms with Crippen molar-refractivity contribution >= 4 is 45.0 Å². The van der Waals surface area contributed by atoms with Gasteiger partial charge < -0.3 is 19.5 Å². The molecule has 0 aliphatic carbocycles. The topological polar surface area (TPSA) is 103 Å². The molecule has 8 nitrogen and oxygen atoms in total. The number of fused-ring (bicyclic) bond motifs is 1. The minimum atomic E-state index is -4.05. The number of halogens is 1. The molecule has 0 fully saturated rings. The largest absolute Gasteiger partial charge is 0.495 e. The molecule has 0 radical (unpaired) electrons. The molecule has 0 saturated heterocycles. The Morgan fingerprint density at radius 3 is 2.64 bits per heavy atom. The second kappa shape index (κ2) is 9.43. The summed E-state index contributed by atoms with van der Waals surface area (Å²) in [4.78, 5) is 12.3. The van der Waals surface area contributed by atoms with Crippen LogP contribution in [0.15, 0.2) is 71.6 Å². The average Bonchev–Trinajstić information content (AvgIpc) is 3.27. The quantitative estimate of drug-likeness (QED) is 0.476. The zero-order valence-corrected chi connectivity index (χ0v) is 18.9. The molecule has 0 saturated carbocycles. The van der Waals surface area contributed by atoms with Crippen LogP contribution in [0.4, 0.5) is 11.4 Å². The van der Waals surface area contributed by atoms with Crippen LogP contribution in [0.3, 0.4) is 0 Å². The van der Waals surface area contributed by atoms with Crippen LogP contribution in [-0.2, 0) is 14.8 Å². The van der Waals surface area contributed by atoms with Crippen molar-refractivity contribution in [2.45, 2.75) is 4.90 Å². The lowest BCUT2D eigenvalue weighted by Gasteiger charge is -2.14. The van der Waals surface area contributed by atoms with E-state index in [0.29, 0.717) is 11.5 Å². The molecule has 4 rings (SSSR count). The first-order valence-electron chi connectivity index (χ1n) is 9.70. The monoisotopic (exact) mass is 486 g/mol. The Morgan fingerprint density at radius 2 is 1.85 bits per heavy atom. The predicted molar refractivity (Wildman–Crippen MR) is 125 cm³/mol. The van der Waals surface area contributed by atoms with Crippen LogP contribution in [0.5, 0.6) is 17.2 Å². The van der Waals surface area contributed by atoms with E-state index in [-0.39, 0.29) is 33.8 Å². The number of rotatable bonds is 7. The molecule has 1 aliphatic heterocycles. The normalized spacial score (nSPS) is 12.5. The fourth-order valence-corrected chi connectivity index (χ4v) is 4.60. The van der Waals surface area contributed by atoms with Crippen molar-refractivity contribution in [3.63, 3.8) is 0 Å². The van der Waals surface area contributed by atoms with Gasteiger partial charge in [-0.25, -0.2) is 8.42 Å². The van der Waals surface area contributed by atoms with Crippen LogP contribution in [0.25, 0.3) is 6.08 Å². The number of carbonyl (C=O) groups excluding carboxylic acids is 1. The number of para-hydroxylation sites is 1. The minimum Gasteiger partial charge on any atom is -0.495 e. The number of anilines is 2. The van der Waals surface area contributed by atoms with Crippen LogP contribution in [0.1, 0.15) is 5.56 Å². The van der Waals surface area contributed by atoms with Crippen molar-refractivity contribution in [3.05, 3.63) is 77.3 Å². The van der Waals surface area contributed by atoms with Gasteiger partial charge in [0.15, 0.2) is 11.5 Å². The lowest BCUT2D eigenvalue weighted by Crippen LogP contribution is -2.15. The molecular formula is C23H19ClN2O6S. The van der Waals surface area contributed by atoms with Crippen molar-refractivity contribution in [2.24, 2.45) is 0 Å². The number of methoxy groups -OCH3 is 1. The van der Waals surface area contributed by atoms with E-state index >= 15 is 0 Å². The number of benzene rings is 3. The second-order valence-electron chi connectivity index (χ2n) is 6.89. The van der Waals surface area contributed by atoms with Crippen molar-refractivity contribution in [1.29, 1.82) is 0 Å². The number of carbonyl (C=O) groups is 1. The second-order valence-corrected chi connectivity index (χ2v) is 8.94. The SMILES string of the molecule is COc1ccc(NC(=O)/C=C/c2ccc3c(c2)OCO3)cc1S(=O)(=O)Nc1ccccc1Cl. The maximum absolute atomic E-state index is 13.0. The van der Waals surface area contributed by atoms with E-state index in [4.69, 9.17) is 25.8 Å². The van der Waals surface area contributed by atoms with Gasteiger partial charge in [0.25, 0.3) is 10.0 Å². The van der Waals surface area contributed by atoms with Crippen molar-refractivity contribution in [3.8, 4) is 17.2 Å². The van der Waals surface area contributed by atoms with E-state index in [1.54, 1.807) is 54.6 Å². The number of nitrogens with one attached hydrogen (secondary N) is 2. The number of hydrogen-bond acceptors (Lipinski definition) is 6. The standard InChI is InChI=1S/C23H19ClN2O6S/c1-30-20-10-8-16(13-22(20)33(28,29)26-18-5-3-2-4-17(18)24)25-23(27)11-7-15-6-9-19-21(12-15)32-14-31-19/h2-13,26H,14H2,1H3,(H,25,27)/b11-7+. The Bertz CT molecular complexity index is 1340. The summed E-state index contributed by atoms with van der Waals surface area (Å²) >= 11 is 6.07. The van der Waals surface area contributed by atoms with E-state index in [9.17, 15) is 13.2 Å². The van der Waals surface area contributed by atoms with Gasteiger partial charge in [-0.1, -0.05) is 29.8 Å². The number of hydrogen-bond donors (Lipinski definition) is 2. The predicted octanol–water partition coefficient (Wildman–Crippen LogP) is 4.53. The summed E-state index contributed by atoms with van der Waals surface area (Å²) in [5.41, 5.74) is 1.24. The smallest absolute Gasteiger partial charge is 0.265 e. The highest BCUT2D eigenvalue weighted by Crippen LogP contribution is 2.33. The zero-order valence-electron chi connectivity index (χ0n) is 17.4. The fraction of sp³-hybridized carbons (Fsp3) is 0.0870. The summed E-state index contributed by atoms with van der Waals surface area (Å²) in [5.74, 6) is 0.922. The summed E-state index contributed by atoms with van der Waals surface area (Å²) < 4.78 is 44.2. The van der Waals surface area contributed by atoms with E-state index in [1.807, 2.05) is 0 Å². The van der Waals surface area contributed by atoms with E-state index in [1.165, 1.54) is 25.3 Å². The molecule has 0 bridgehead atoms. The van der Waals surface area contributed by atoms with Gasteiger partial charge in [-0.3, -0.25) is 9.52 Å². The third-order valence-corrected chi connectivity index (χ3v) is 6.38. The first-order chi connectivity index (χ1) is 15.9. The maximum Gasteiger partial charge on any atom is 0.265 e. The van der Waals surface area contributed by atoms with Crippen LogP contribution >= 0.6 is 11.6 Å². The molecule has 0 atom stereocenters. The summed E-state index contributed by atoms with van der Waals surface area (Å²) in [6.45, 7) is 0.164. The molecule has 0 unspecified atom stereocenters. The highest BCUT2D eigenvalue weighted by atomic mass is 35.5. The summed E-state index contributed by atoms with van der Waals surface area (Å²) in [5, 5.41) is 2.90. The van der Waals surface area contributed by atoms with E-state index in [2.05, 4.69) is 10.0 Å². The van der Waals surface area contributed by atoms with Gasteiger partial charge in [0.2, 0.25) is 12.7 Å². The zero-order chi connectivity index (χ0) is 23.4. The van der Waals surface area contributed by atoms with Gasteiger partial charge >= 0.3 is 0 Å². The van der Waals surface area contributed by atoms with Gasteiger partial charge in [-0.2, -0.15) is 0 Å². The van der Waals surface area contributed by atoms with Gasteiger partial charge in [0.05, 0.1) is 17.8 Å². The molecular weight excluding hydrogens is 468 g/mol. The lowest BCUT2D eigenvalue weighted by atomic mass is 10.2. The van der Waals surface area contributed by atoms with Crippen LogP contribution < -0.4 is 24.2 Å². The summed E-state index contributed by atoms with van der Waals surface area (Å²) in [7, 11) is -2.70. The van der Waals surface area contributed by atoms with Gasteiger partial charge in [0, 0.05) is 11.8 Å². The van der Waals surface area contributed by atoms with Crippen molar-refractivity contribution < 1.29 is 27.4 Å². The highest BCUT2D eigenvalue weighted by molar-refractivity contribution is 7.92. The van der Waals surface area contributed by atoms with Crippen molar-refractivity contribution in [1.82, 2.24) is 0 Å². The molecule has 10 heteroatoms. The van der Waals surface area contributed by atoms with Gasteiger partial charge in [0.1, 0.15) is 10.6 Å². The molecule has 170 valence electrons. The Kier molecular flexibility index (Phi) is 6.43. The fourth-order valence-electron chi connectivity index (χ4n) is 3.08. The molecule has 3 aromatic carbocycles. The molecule has 33 heavy (non-hydrogen) atoms. The van der Waals surface area contributed by atoms with Crippen LogP contribution in [-0.4, -0.2) is 28.2 Å². The molecule has 0 aromatic heterocycles. The highest BCUT2D eigenvalue weighted by Gasteiger charge is 2.21. The molecule has 3 aromatic rings. The number of ether oxygens (including phenoxy) is 3. The summed E-state index contributed by atoms with van der Waals surface area (Å²) in [6, 6.07) is 16.1. The molecule has 1 aliphatic rings. The third kappa shape index (κ3) is 5.21. The van der Waals surface area contributed by atoms with Crippen LogP contribution in [0.2, 0.25) is 5.02 Å². The third-order valence-electron chi connectivity index (χ3n) is 4.66. The van der Waals surface area contributed by atoms with E-state index in [0.717, 1.165) is 5.56 Å². The first-order valence-corrected chi connectivity index (χ1v) is 11.6. The van der Waals surface area contributed by atoms with E-state index < -0.39 is 15.9 Å². The Hall–Kier alpha value is -3.69. The number of sulfonamides is 1. The molecule has 1 heterocycles. The van der Waals surface area contributed by atoms with Gasteiger partial charge in [-0.05, 0) is 54.1 Å². The Labute approximate surface area is 195 Å². The average molecular weight is 487 g/mol. The first kappa shape index (κ1) is 22.5. The Balaban J connectivity index is 1.52. The van der Waals surface area contributed by atoms with Crippen molar-refractivity contribution in [2.75, 3.05) is 23.9 Å². The van der Waals surface area contributed by atoms with Crippen LogP contribution in [0, 0.1) is 0 Å². The molecule has 0 spiro atoms. The summed E-state index contributed by atoms with van der Waals surface area (Å²) in [6.07, 6.45) is 2.94. The minimum absolute atomic E-state index is 0.114. The Morgan fingerprint density at radius 1 is 1.06 bits per heavy atom. The molecule has 1 amide bonds. The molecule has 2 N–H and O–H groups in total. The number of amides is 1. The maximum atomic E-state index is 13.0.